The van der Waals surface area contributed by atoms with Crippen molar-refractivity contribution in [3.05, 3.63) is 11.9 Å². The maximum atomic E-state index is 9.24. The van der Waals surface area contributed by atoms with Crippen LogP contribution < -0.4 is 10.2 Å². The summed E-state index contributed by atoms with van der Waals surface area (Å²) in [6.07, 6.45) is -0.144. The molecule has 0 aliphatic carbocycles. The number of anilines is 2. The molecule has 106 valence electrons. The highest BCUT2D eigenvalue weighted by molar-refractivity contribution is 5.50. The quantitative estimate of drug-likeness (QED) is 0.840. The summed E-state index contributed by atoms with van der Waals surface area (Å²) in [6, 6.07) is 2.19. The Kier molecular flexibility index (Phi) is 4.55. The molecule has 1 aliphatic heterocycles. The van der Waals surface area contributed by atoms with Gasteiger partial charge in [0.25, 0.3) is 0 Å². The Hall–Kier alpha value is -1.40. The molecule has 0 bridgehead atoms. The molecule has 6 heteroatoms. The summed E-state index contributed by atoms with van der Waals surface area (Å²) in [5, 5.41) is 12.4. The molecule has 2 rings (SSSR count). The number of aliphatic hydroxyl groups excluding tert-OH is 1. The van der Waals surface area contributed by atoms with Crippen molar-refractivity contribution in [1.29, 1.82) is 0 Å². The predicted molar refractivity (Wildman–Crippen MR) is 74.6 cm³/mol. The average molecular weight is 266 g/mol. The fourth-order valence-electron chi connectivity index (χ4n) is 2.22. The van der Waals surface area contributed by atoms with Crippen LogP contribution in [0.15, 0.2) is 6.07 Å². The van der Waals surface area contributed by atoms with Crippen LogP contribution in [0.1, 0.15) is 19.7 Å². The zero-order valence-electron chi connectivity index (χ0n) is 11.8. The lowest BCUT2D eigenvalue weighted by atomic mass is 10.2. The van der Waals surface area contributed by atoms with Crippen LogP contribution in [0.4, 0.5) is 11.6 Å². The maximum Gasteiger partial charge on any atom is 0.134 e. The number of morpholine rings is 1. The Labute approximate surface area is 113 Å². The fraction of sp³-hybridized carbons (Fsp3) is 0.692. The summed E-state index contributed by atoms with van der Waals surface area (Å²) in [5.74, 6) is 2.47. The molecule has 2 unspecified atom stereocenters. The van der Waals surface area contributed by atoms with Gasteiger partial charge in [-0.25, -0.2) is 9.97 Å². The molecule has 0 amide bonds. The highest BCUT2D eigenvalue weighted by Crippen LogP contribution is 2.22. The van der Waals surface area contributed by atoms with Crippen LogP contribution in [-0.4, -0.2) is 53.5 Å². The number of nitrogens with zero attached hydrogens (tertiary/aromatic N) is 3. The number of hydrogen-bond acceptors (Lipinski definition) is 6. The second kappa shape index (κ2) is 6.16. The highest BCUT2D eigenvalue weighted by atomic mass is 16.5. The summed E-state index contributed by atoms with van der Waals surface area (Å²) in [7, 11) is 0. The van der Waals surface area contributed by atoms with Crippen LogP contribution in [0.5, 0.6) is 0 Å². The number of rotatable bonds is 4. The molecule has 1 aromatic rings. The Balaban J connectivity index is 2.23. The zero-order chi connectivity index (χ0) is 13.8. The van der Waals surface area contributed by atoms with Gasteiger partial charge in [0.15, 0.2) is 0 Å². The first-order chi connectivity index (χ1) is 9.13. The molecule has 2 heterocycles. The van der Waals surface area contributed by atoms with Crippen molar-refractivity contribution in [3.63, 3.8) is 0 Å². The Morgan fingerprint density at radius 2 is 2.32 bits per heavy atom. The van der Waals surface area contributed by atoms with Crippen molar-refractivity contribution in [2.45, 2.75) is 32.9 Å². The standard InChI is InChI=1S/C13H22N4O2/c1-4-14-12-5-13(16-10(3)15-12)17-6-11(7-18)19-8-9(17)2/h5,9,11,18H,4,6-8H2,1-3H3,(H,14,15,16). The minimum Gasteiger partial charge on any atom is -0.394 e. The molecule has 0 aromatic carbocycles. The number of ether oxygens (including phenoxy) is 1. The fourth-order valence-corrected chi connectivity index (χ4v) is 2.22. The smallest absolute Gasteiger partial charge is 0.134 e. The molecule has 0 spiro atoms. The van der Waals surface area contributed by atoms with E-state index in [2.05, 4.69) is 27.1 Å². The van der Waals surface area contributed by atoms with Gasteiger partial charge in [-0.2, -0.15) is 0 Å². The van der Waals surface area contributed by atoms with Gasteiger partial charge in [0.1, 0.15) is 17.5 Å². The van der Waals surface area contributed by atoms with Crippen LogP contribution in [0, 0.1) is 6.92 Å². The van der Waals surface area contributed by atoms with Gasteiger partial charge in [0.05, 0.1) is 25.4 Å². The van der Waals surface area contributed by atoms with Crippen molar-refractivity contribution in [3.8, 4) is 0 Å². The lowest BCUT2D eigenvalue weighted by Crippen LogP contribution is -2.50. The Morgan fingerprint density at radius 3 is 3.00 bits per heavy atom. The molecular formula is C13H22N4O2. The van der Waals surface area contributed by atoms with Gasteiger partial charge in [-0.05, 0) is 20.8 Å². The average Bonchev–Trinajstić information content (AvgIpc) is 2.39. The van der Waals surface area contributed by atoms with Crippen LogP contribution >= 0.6 is 0 Å². The minimum atomic E-state index is -0.144. The summed E-state index contributed by atoms with van der Waals surface area (Å²) < 4.78 is 5.55. The molecule has 0 radical (unpaired) electrons. The van der Waals surface area contributed by atoms with E-state index < -0.39 is 0 Å². The molecule has 1 saturated heterocycles. The van der Waals surface area contributed by atoms with E-state index in [1.807, 2.05) is 19.9 Å². The molecule has 1 fully saturated rings. The predicted octanol–water partition coefficient (Wildman–Crippen LogP) is 0.803. The second-order valence-corrected chi connectivity index (χ2v) is 4.83. The van der Waals surface area contributed by atoms with Crippen LogP contribution in [0.25, 0.3) is 0 Å². The van der Waals surface area contributed by atoms with Crippen LogP contribution in [-0.2, 0) is 4.74 Å². The van der Waals surface area contributed by atoms with Crippen molar-refractivity contribution in [2.75, 3.05) is 36.5 Å². The summed E-state index contributed by atoms with van der Waals surface area (Å²) >= 11 is 0. The SMILES string of the molecule is CCNc1cc(N2CC(CO)OCC2C)nc(C)n1. The van der Waals surface area contributed by atoms with E-state index in [1.165, 1.54) is 0 Å². The van der Waals surface area contributed by atoms with E-state index in [1.54, 1.807) is 0 Å². The normalized spacial score (nSPS) is 23.5. The second-order valence-electron chi connectivity index (χ2n) is 4.83. The van der Waals surface area contributed by atoms with Crippen LogP contribution in [0.3, 0.4) is 0 Å². The Bertz CT molecular complexity index is 427. The Morgan fingerprint density at radius 1 is 1.53 bits per heavy atom. The summed E-state index contributed by atoms with van der Waals surface area (Å²) in [5.41, 5.74) is 0. The summed E-state index contributed by atoms with van der Waals surface area (Å²) in [6.45, 7) is 8.14. The summed E-state index contributed by atoms with van der Waals surface area (Å²) in [4.78, 5) is 11.0. The maximum absolute atomic E-state index is 9.24. The molecule has 6 nitrogen and oxygen atoms in total. The van der Waals surface area contributed by atoms with Crippen molar-refractivity contribution >= 4 is 11.6 Å². The number of aliphatic hydroxyl groups is 1. The lowest BCUT2D eigenvalue weighted by molar-refractivity contribution is -0.0105. The molecule has 1 aliphatic rings. The molecule has 2 atom stereocenters. The number of aryl methyl sites for hydroxylation is 1. The third kappa shape index (κ3) is 3.33. The molecule has 0 saturated carbocycles. The van der Waals surface area contributed by atoms with E-state index in [-0.39, 0.29) is 18.8 Å². The monoisotopic (exact) mass is 266 g/mol. The third-order valence-corrected chi connectivity index (χ3v) is 3.19. The van der Waals surface area contributed by atoms with E-state index in [4.69, 9.17) is 4.74 Å². The number of hydrogen-bond donors (Lipinski definition) is 2. The van der Waals surface area contributed by atoms with E-state index in [0.717, 1.165) is 24.0 Å². The van der Waals surface area contributed by atoms with Crippen molar-refractivity contribution in [1.82, 2.24) is 9.97 Å². The zero-order valence-corrected chi connectivity index (χ0v) is 11.8. The van der Waals surface area contributed by atoms with Crippen molar-refractivity contribution in [2.24, 2.45) is 0 Å². The third-order valence-electron chi connectivity index (χ3n) is 3.19. The topological polar surface area (TPSA) is 70.5 Å². The molecule has 19 heavy (non-hydrogen) atoms. The first-order valence-corrected chi connectivity index (χ1v) is 6.72. The van der Waals surface area contributed by atoms with Gasteiger partial charge in [-0.1, -0.05) is 0 Å². The van der Waals surface area contributed by atoms with Gasteiger partial charge in [0.2, 0.25) is 0 Å². The lowest BCUT2D eigenvalue weighted by Gasteiger charge is -2.38. The first kappa shape index (κ1) is 14.0. The van der Waals surface area contributed by atoms with E-state index in [9.17, 15) is 5.11 Å². The van der Waals surface area contributed by atoms with Gasteiger partial charge in [-0.15, -0.1) is 0 Å². The molecule has 2 N–H and O–H groups in total. The van der Waals surface area contributed by atoms with Crippen molar-refractivity contribution < 1.29 is 9.84 Å². The van der Waals surface area contributed by atoms with Gasteiger partial charge in [0, 0.05) is 19.2 Å². The van der Waals surface area contributed by atoms with E-state index >= 15 is 0 Å². The molecular weight excluding hydrogens is 244 g/mol. The van der Waals surface area contributed by atoms with Crippen LogP contribution in [0.2, 0.25) is 0 Å². The largest absolute Gasteiger partial charge is 0.394 e. The minimum absolute atomic E-state index is 0.0351. The van der Waals surface area contributed by atoms with Gasteiger partial charge in [-0.3, -0.25) is 0 Å². The first-order valence-electron chi connectivity index (χ1n) is 6.72. The van der Waals surface area contributed by atoms with Gasteiger partial charge < -0.3 is 20.1 Å². The molecule has 1 aromatic heterocycles. The van der Waals surface area contributed by atoms with Gasteiger partial charge >= 0.3 is 0 Å². The number of nitrogens with one attached hydrogen (secondary N) is 1. The highest BCUT2D eigenvalue weighted by Gasteiger charge is 2.27. The number of aromatic nitrogens is 2. The van der Waals surface area contributed by atoms with E-state index in [0.29, 0.717) is 13.2 Å².